The molecule has 2 N–H and O–H groups in total. The molecule has 0 saturated heterocycles. The van der Waals surface area contributed by atoms with E-state index in [4.69, 9.17) is 5.11 Å². The Morgan fingerprint density at radius 1 is 1.16 bits per heavy atom. The van der Waals surface area contributed by atoms with Gasteiger partial charge in [0.15, 0.2) is 0 Å². The molecule has 0 atom stereocenters. The maximum atomic E-state index is 9.49. The van der Waals surface area contributed by atoms with Crippen molar-refractivity contribution in [1.29, 1.82) is 0 Å². The molecule has 0 spiro atoms. The summed E-state index contributed by atoms with van der Waals surface area (Å²) < 4.78 is 0. The minimum absolute atomic E-state index is 0. The smallest absolute Gasteiger partial charge is 0.0894 e. The predicted octanol–water partition coefficient (Wildman–Crippen LogP) is 5.20. The van der Waals surface area contributed by atoms with Crippen LogP contribution < -0.4 is 0 Å². The molecule has 1 aliphatic rings. The third kappa shape index (κ3) is 8.16. The maximum absolute atomic E-state index is 9.49. The van der Waals surface area contributed by atoms with Crippen LogP contribution in [0.15, 0.2) is 65.6 Å². The van der Waals surface area contributed by atoms with Crippen LogP contribution in [0.5, 0.6) is 5.75 Å². The van der Waals surface area contributed by atoms with Crippen molar-refractivity contribution in [3.8, 4) is 17.0 Å². The van der Waals surface area contributed by atoms with Gasteiger partial charge in [-0.3, -0.25) is 0 Å². The Labute approximate surface area is 197 Å². The van der Waals surface area contributed by atoms with Crippen molar-refractivity contribution in [2.45, 2.75) is 33.1 Å². The van der Waals surface area contributed by atoms with Crippen LogP contribution >= 0.6 is 0 Å². The van der Waals surface area contributed by atoms with Crippen molar-refractivity contribution in [2.75, 3.05) is 0 Å². The van der Waals surface area contributed by atoms with Crippen LogP contribution in [0.2, 0.25) is 0 Å². The average Bonchev–Trinajstić information content (AvgIpc) is 2.46. The van der Waals surface area contributed by atoms with Gasteiger partial charge in [-0.2, -0.15) is 0 Å². The third-order valence-electron chi connectivity index (χ3n) is 3.70. The molecule has 25 heavy (non-hydrogen) atoms. The Kier molecular flexibility index (Phi) is 12.5. The molecular formula is C20H22NO2PrPt-. The average molecular weight is 644 g/mol. The van der Waals surface area contributed by atoms with E-state index < -0.39 is 0 Å². The molecule has 1 heterocycles. The molecule has 3 rings (SSSR count). The van der Waals surface area contributed by atoms with E-state index in [0.29, 0.717) is 11.3 Å². The summed E-state index contributed by atoms with van der Waals surface area (Å²) >= 11 is 0. The van der Waals surface area contributed by atoms with E-state index in [1.807, 2.05) is 24.3 Å². The fraction of sp³-hybridized carbons (Fsp3) is 0.250. The number of benzene rings is 1. The predicted molar refractivity (Wildman–Crippen MR) is 93.1 cm³/mol. The largest absolute Gasteiger partial charge is 0.552 e. The number of pyridine rings is 1. The zero-order chi connectivity index (χ0) is 16.7. The molecule has 3 nitrogen and oxygen atoms in total. The summed E-state index contributed by atoms with van der Waals surface area (Å²) in [5.74, 6) is 0.623. The molecule has 1 aromatic heterocycles. The molecule has 1 aromatic carbocycles. The quantitative estimate of drug-likeness (QED) is 0.350. The van der Waals surface area contributed by atoms with Gasteiger partial charge in [-0.05, 0) is 56.5 Å². The van der Waals surface area contributed by atoms with Crippen LogP contribution in [0.1, 0.15) is 33.1 Å². The van der Waals surface area contributed by atoms with Crippen molar-refractivity contribution < 1.29 is 72.6 Å². The molecule has 5 heteroatoms. The summed E-state index contributed by atoms with van der Waals surface area (Å²) in [7, 11) is 0. The number of hydrogen-bond donors (Lipinski definition) is 2. The number of rotatable bonds is 2. The van der Waals surface area contributed by atoms with Crippen molar-refractivity contribution in [3.05, 3.63) is 71.6 Å². The Balaban J connectivity index is 0.000000440. The number of hydrogen-bond acceptors (Lipinski definition) is 3. The van der Waals surface area contributed by atoms with Gasteiger partial charge >= 0.3 is 0 Å². The molecule has 1 radical (unpaired) electrons. The monoisotopic (exact) mass is 644 g/mol. The Morgan fingerprint density at radius 2 is 1.88 bits per heavy atom. The van der Waals surface area contributed by atoms with Crippen LogP contribution in [0.3, 0.4) is 0 Å². The van der Waals surface area contributed by atoms with E-state index in [2.05, 4.69) is 18.0 Å². The zero-order valence-electron chi connectivity index (χ0n) is 14.5. The maximum Gasteiger partial charge on any atom is 0.0894 e. The summed E-state index contributed by atoms with van der Waals surface area (Å²) in [6, 6.07) is 13.6. The number of phenols is 1. The first kappa shape index (κ1) is 24.5. The van der Waals surface area contributed by atoms with Gasteiger partial charge in [0.2, 0.25) is 0 Å². The summed E-state index contributed by atoms with van der Waals surface area (Å²) in [5.41, 5.74) is 4.14. The fourth-order valence-electron chi connectivity index (χ4n) is 2.31. The van der Waals surface area contributed by atoms with Gasteiger partial charge in [-0.15, -0.1) is 24.3 Å². The van der Waals surface area contributed by atoms with E-state index in [-0.39, 0.29) is 68.1 Å². The normalized spacial score (nSPS) is 12.6. The number of aliphatic hydroxyl groups excluding tert-OH is 1. The van der Waals surface area contributed by atoms with E-state index >= 15 is 0 Å². The second-order valence-corrected chi connectivity index (χ2v) is 5.57. The fourth-order valence-corrected chi connectivity index (χ4v) is 2.31. The van der Waals surface area contributed by atoms with Crippen LogP contribution in [0.4, 0.5) is 0 Å². The molecule has 0 bridgehead atoms. The minimum atomic E-state index is 0. The first-order chi connectivity index (χ1) is 11.1. The molecule has 0 unspecified atom stereocenters. The third-order valence-corrected chi connectivity index (χ3v) is 3.70. The first-order valence-corrected chi connectivity index (χ1v) is 7.75. The minimum Gasteiger partial charge on any atom is -0.552 e. The van der Waals surface area contributed by atoms with Crippen LogP contribution in [0, 0.1) is 47.4 Å². The van der Waals surface area contributed by atoms with Crippen LogP contribution in [-0.2, 0) is 21.1 Å². The number of aliphatic hydroxyl groups is 1. The van der Waals surface area contributed by atoms with Crippen molar-refractivity contribution in [1.82, 2.24) is 4.98 Å². The molecule has 2 aromatic rings. The number of aromatic hydroxyl groups is 1. The molecule has 0 aliphatic heterocycles. The van der Waals surface area contributed by atoms with Gasteiger partial charge < -0.3 is 15.2 Å². The summed E-state index contributed by atoms with van der Waals surface area (Å²) in [5, 5.41) is 18.4. The topological polar surface area (TPSA) is 53.4 Å². The summed E-state index contributed by atoms with van der Waals surface area (Å²) in [6.45, 7) is 3.77. The Hall–Kier alpha value is -0.498. The molecule has 0 amide bonds. The van der Waals surface area contributed by atoms with E-state index in [1.165, 1.54) is 30.4 Å². The number of phenolic OH excluding ortho intramolecular Hbond substituents is 1. The van der Waals surface area contributed by atoms with Crippen molar-refractivity contribution >= 4 is 0 Å². The summed E-state index contributed by atoms with van der Waals surface area (Å²) in [4.78, 5) is 4.12. The number of allylic oxidation sites excluding steroid dienone is 4. The van der Waals surface area contributed by atoms with Gasteiger partial charge in [0.25, 0.3) is 0 Å². The molecule has 1 fully saturated rings. The van der Waals surface area contributed by atoms with E-state index in [1.54, 1.807) is 31.3 Å². The molecule has 1 saturated carbocycles. The van der Waals surface area contributed by atoms with Crippen LogP contribution in [0.25, 0.3) is 11.3 Å². The van der Waals surface area contributed by atoms with Gasteiger partial charge in [0, 0.05) is 74.3 Å². The van der Waals surface area contributed by atoms with Crippen LogP contribution in [-0.4, -0.2) is 15.2 Å². The van der Waals surface area contributed by atoms with Gasteiger partial charge in [0.1, 0.15) is 0 Å². The van der Waals surface area contributed by atoms with Gasteiger partial charge in [0.05, 0.1) is 5.76 Å². The molecular weight excluding hydrogens is 622 g/mol. The van der Waals surface area contributed by atoms with Gasteiger partial charge in [-0.25, -0.2) is 0 Å². The van der Waals surface area contributed by atoms with Crippen molar-refractivity contribution in [3.63, 3.8) is 0 Å². The Morgan fingerprint density at radius 3 is 2.36 bits per heavy atom. The number of aromatic nitrogens is 1. The SMILES string of the molecule is CC(/C=C(/C)O)=C1CCC1.Oc1ccc[c-]c1-c1ccccn1.[Pr].[Pt]. The molecule has 133 valence electrons. The Bertz CT molecular complexity index is 705. The second-order valence-electron chi connectivity index (χ2n) is 5.57. The van der Waals surface area contributed by atoms with Crippen molar-refractivity contribution in [2.24, 2.45) is 0 Å². The number of nitrogens with zero attached hydrogens (tertiary/aromatic N) is 1. The zero-order valence-corrected chi connectivity index (χ0v) is 20.5. The van der Waals surface area contributed by atoms with E-state index in [0.717, 1.165) is 5.69 Å². The summed E-state index contributed by atoms with van der Waals surface area (Å²) in [6.07, 6.45) is 7.32. The second kappa shape index (κ2) is 12.8. The molecule has 1 aliphatic carbocycles. The van der Waals surface area contributed by atoms with E-state index in [9.17, 15) is 5.11 Å². The standard InChI is InChI=1S/C11H8NO.C9H14O.Pr.Pt/c13-11-7-2-1-5-9(11)10-6-3-4-8-12-10;1-7(6-8(2)10)9-4-3-5-9;;/h1-4,6-8,13H;6,10H,3-5H2,1-2H3;;/q-1;;;/b;8-6-;;. The first-order valence-electron chi connectivity index (χ1n) is 7.75. The van der Waals surface area contributed by atoms with Gasteiger partial charge in [-0.1, -0.05) is 23.3 Å².